The third-order valence-corrected chi connectivity index (χ3v) is 2.96. The number of para-hydroxylation sites is 4. The SMILES string of the molecule is CCOc1ccccc1OCNC(=O)Nc1ccccc1[N+](=O)[O-]. The lowest BCUT2D eigenvalue weighted by atomic mass is 10.3. The molecular weight excluding hydrogens is 314 g/mol. The molecule has 2 aromatic rings. The summed E-state index contributed by atoms with van der Waals surface area (Å²) in [7, 11) is 0. The third-order valence-electron chi connectivity index (χ3n) is 2.96. The van der Waals surface area contributed by atoms with Gasteiger partial charge in [-0.3, -0.25) is 10.1 Å². The largest absolute Gasteiger partial charge is 0.490 e. The van der Waals surface area contributed by atoms with Gasteiger partial charge in [-0.1, -0.05) is 24.3 Å². The van der Waals surface area contributed by atoms with Crippen molar-refractivity contribution in [3.8, 4) is 11.5 Å². The van der Waals surface area contributed by atoms with E-state index in [-0.39, 0.29) is 18.1 Å². The van der Waals surface area contributed by atoms with Crippen molar-refractivity contribution < 1.29 is 19.2 Å². The van der Waals surface area contributed by atoms with Crippen LogP contribution in [0.5, 0.6) is 11.5 Å². The van der Waals surface area contributed by atoms with Crippen molar-refractivity contribution in [2.24, 2.45) is 0 Å². The first-order valence-electron chi connectivity index (χ1n) is 7.24. The first kappa shape index (κ1) is 17.1. The summed E-state index contributed by atoms with van der Waals surface area (Å²) in [4.78, 5) is 22.2. The van der Waals surface area contributed by atoms with Gasteiger partial charge in [0.05, 0.1) is 11.5 Å². The second kappa shape index (κ2) is 8.37. The molecule has 2 amide bonds. The minimum atomic E-state index is -0.613. The highest BCUT2D eigenvalue weighted by atomic mass is 16.6. The van der Waals surface area contributed by atoms with E-state index < -0.39 is 11.0 Å². The second-order valence-electron chi connectivity index (χ2n) is 4.57. The predicted molar refractivity (Wildman–Crippen MR) is 88.4 cm³/mol. The van der Waals surface area contributed by atoms with Gasteiger partial charge in [-0.05, 0) is 25.1 Å². The molecule has 0 aliphatic carbocycles. The van der Waals surface area contributed by atoms with E-state index in [0.29, 0.717) is 18.1 Å². The zero-order valence-electron chi connectivity index (χ0n) is 13.0. The van der Waals surface area contributed by atoms with E-state index in [4.69, 9.17) is 9.47 Å². The van der Waals surface area contributed by atoms with Crippen molar-refractivity contribution in [3.05, 3.63) is 58.6 Å². The molecule has 0 atom stereocenters. The number of anilines is 1. The van der Waals surface area contributed by atoms with Gasteiger partial charge < -0.3 is 20.1 Å². The average Bonchev–Trinajstić information content (AvgIpc) is 2.57. The van der Waals surface area contributed by atoms with Crippen molar-refractivity contribution in [2.75, 3.05) is 18.7 Å². The average molecular weight is 331 g/mol. The molecule has 2 N–H and O–H groups in total. The molecule has 2 aromatic carbocycles. The molecule has 8 nitrogen and oxygen atoms in total. The molecule has 0 aliphatic heterocycles. The summed E-state index contributed by atoms with van der Waals surface area (Å²) in [5.41, 5.74) is -0.0787. The summed E-state index contributed by atoms with van der Waals surface area (Å²) in [5.74, 6) is 1.06. The van der Waals surface area contributed by atoms with Gasteiger partial charge in [0.25, 0.3) is 5.69 Å². The van der Waals surface area contributed by atoms with Gasteiger partial charge in [-0.2, -0.15) is 0 Å². The maximum Gasteiger partial charge on any atom is 0.322 e. The highest BCUT2D eigenvalue weighted by Gasteiger charge is 2.14. The van der Waals surface area contributed by atoms with Crippen LogP contribution in [0.4, 0.5) is 16.2 Å². The Balaban J connectivity index is 1.90. The number of carbonyl (C=O) groups excluding carboxylic acids is 1. The third kappa shape index (κ3) is 4.60. The molecule has 0 bridgehead atoms. The van der Waals surface area contributed by atoms with Gasteiger partial charge in [-0.15, -0.1) is 0 Å². The molecule has 0 saturated carbocycles. The summed E-state index contributed by atoms with van der Waals surface area (Å²) >= 11 is 0. The van der Waals surface area contributed by atoms with Crippen molar-refractivity contribution in [1.82, 2.24) is 5.32 Å². The van der Waals surface area contributed by atoms with E-state index >= 15 is 0 Å². The van der Waals surface area contributed by atoms with Gasteiger partial charge >= 0.3 is 6.03 Å². The van der Waals surface area contributed by atoms with Crippen molar-refractivity contribution in [1.29, 1.82) is 0 Å². The van der Waals surface area contributed by atoms with Crippen LogP contribution in [-0.2, 0) is 0 Å². The summed E-state index contributed by atoms with van der Waals surface area (Å²) in [6.45, 7) is 2.23. The quantitative estimate of drug-likeness (QED) is 0.461. The normalized spacial score (nSPS) is 9.88. The molecule has 126 valence electrons. The minimum Gasteiger partial charge on any atom is -0.490 e. The number of benzene rings is 2. The van der Waals surface area contributed by atoms with Crippen LogP contribution in [0.2, 0.25) is 0 Å². The Morgan fingerprint density at radius 3 is 2.38 bits per heavy atom. The highest BCUT2D eigenvalue weighted by molar-refractivity contribution is 5.91. The molecule has 2 rings (SSSR count). The Bertz CT molecular complexity index is 720. The fourth-order valence-electron chi connectivity index (χ4n) is 1.93. The Labute approximate surface area is 138 Å². The topological polar surface area (TPSA) is 103 Å². The molecule has 8 heteroatoms. The van der Waals surface area contributed by atoms with Crippen LogP contribution in [0.15, 0.2) is 48.5 Å². The molecular formula is C16H17N3O5. The first-order chi connectivity index (χ1) is 11.6. The summed E-state index contributed by atoms with van der Waals surface area (Å²) < 4.78 is 10.8. The van der Waals surface area contributed by atoms with Crippen LogP contribution < -0.4 is 20.1 Å². The summed E-state index contributed by atoms with van der Waals surface area (Å²) in [6, 6.07) is 12.3. The number of carbonyl (C=O) groups is 1. The Morgan fingerprint density at radius 1 is 1.08 bits per heavy atom. The molecule has 0 aliphatic rings. The number of ether oxygens (including phenoxy) is 2. The molecule has 0 unspecified atom stereocenters. The van der Waals surface area contributed by atoms with Gasteiger partial charge in [0.15, 0.2) is 18.2 Å². The first-order valence-corrected chi connectivity index (χ1v) is 7.24. The number of nitrogens with one attached hydrogen (secondary N) is 2. The molecule has 0 saturated heterocycles. The van der Waals surface area contributed by atoms with Crippen LogP contribution in [0, 0.1) is 10.1 Å². The van der Waals surface area contributed by atoms with E-state index in [1.807, 2.05) is 13.0 Å². The molecule has 0 spiro atoms. The van der Waals surface area contributed by atoms with Gasteiger partial charge in [0, 0.05) is 6.07 Å². The van der Waals surface area contributed by atoms with Gasteiger partial charge in [0.1, 0.15) is 5.69 Å². The number of urea groups is 1. The van der Waals surface area contributed by atoms with Crippen LogP contribution in [0.1, 0.15) is 6.92 Å². The number of amides is 2. The Morgan fingerprint density at radius 2 is 1.71 bits per heavy atom. The van der Waals surface area contributed by atoms with Crippen molar-refractivity contribution in [3.63, 3.8) is 0 Å². The fraction of sp³-hybridized carbons (Fsp3) is 0.188. The van der Waals surface area contributed by atoms with E-state index in [9.17, 15) is 14.9 Å². The highest BCUT2D eigenvalue weighted by Crippen LogP contribution is 2.26. The van der Waals surface area contributed by atoms with E-state index in [1.165, 1.54) is 18.2 Å². The van der Waals surface area contributed by atoms with E-state index in [2.05, 4.69) is 10.6 Å². The molecule has 0 aromatic heterocycles. The maximum absolute atomic E-state index is 11.8. The van der Waals surface area contributed by atoms with Gasteiger partial charge in [0.2, 0.25) is 0 Å². The fourth-order valence-corrected chi connectivity index (χ4v) is 1.93. The van der Waals surface area contributed by atoms with E-state index in [0.717, 1.165) is 0 Å². The van der Waals surface area contributed by atoms with Crippen LogP contribution >= 0.6 is 0 Å². The zero-order valence-corrected chi connectivity index (χ0v) is 13.0. The van der Waals surface area contributed by atoms with Gasteiger partial charge in [-0.25, -0.2) is 4.79 Å². The molecule has 24 heavy (non-hydrogen) atoms. The molecule has 0 radical (unpaired) electrons. The lowest BCUT2D eigenvalue weighted by Crippen LogP contribution is -2.32. The molecule has 0 fully saturated rings. The lowest BCUT2D eigenvalue weighted by Gasteiger charge is -2.12. The Kier molecular flexibility index (Phi) is 5.95. The number of nitro benzene ring substituents is 1. The summed E-state index contributed by atoms with van der Waals surface area (Å²) in [5, 5.41) is 15.8. The van der Waals surface area contributed by atoms with Crippen molar-refractivity contribution in [2.45, 2.75) is 6.92 Å². The number of rotatable bonds is 7. The second-order valence-corrected chi connectivity index (χ2v) is 4.57. The van der Waals surface area contributed by atoms with E-state index in [1.54, 1.807) is 24.3 Å². The number of nitro groups is 1. The number of hydrogen-bond acceptors (Lipinski definition) is 5. The van der Waals surface area contributed by atoms with Crippen LogP contribution in [0.25, 0.3) is 0 Å². The Hall–Kier alpha value is -3.29. The van der Waals surface area contributed by atoms with Crippen LogP contribution in [0.3, 0.4) is 0 Å². The number of nitrogens with zero attached hydrogens (tertiary/aromatic N) is 1. The van der Waals surface area contributed by atoms with Crippen LogP contribution in [-0.4, -0.2) is 24.3 Å². The lowest BCUT2D eigenvalue weighted by molar-refractivity contribution is -0.383. The monoisotopic (exact) mass is 331 g/mol. The number of hydrogen-bond donors (Lipinski definition) is 2. The maximum atomic E-state index is 11.8. The molecule has 0 heterocycles. The zero-order chi connectivity index (χ0) is 17.4. The predicted octanol–water partition coefficient (Wildman–Crippen LogP) is 3.15. The standard InChI is InChI=1S/C16H17N3O5/c1-2-23-14-9-5-6-10-15(14)24-11-17-16(20)18-12-7-3-4-8-13(12)19(21)22/h3-10H,2,11H2,1H3,(H2,17,18,20). The minimum absolute atomic E-state index is 0.106. The van der Waals surface area contributed by atoms with Crippen molar-refractivity contribution >= 4 is 17.4 Å². The smallest absolute Gasteiger partial charge is 0.322 e. The summed E-state index contributed by atoms with van der Waals surface area (Å²) in [6.07, 6.45) is 0.